The summed E-state index contributed by atoms with van der Waals surface area (Å²) in [5, 5.41) is 3.17. The highest BCUT2D eigenvalue weighted by Gasteiger charge is 2.27. The largest absolute Gasteiger partial charge is 0.356 e. The van der Waals surface area contributed by atoms with Crippen LogP contribution in [0.5, 0.6) is 0 Å². The molecule has 6 nitrogen and oxygen atoms in total. The van der Waals surface area contributed by atoms with Crippen LogP contribution in [0.3, 0.4) is 0 Å². The third-order valence-electron chi connectivity index (χ3n) is 6.18. The standard InChI is InChI=1S/C21H35N5O/c1-15(2)17(4)24-21(27)18-7-10-25(11-8-18)19-12-20(23-14-22-19)26-9-5-6-16(3)13-26/h12,14-18H,5-11,13H2,1-4H3,(H,24,27). The quantitative estimate of drug-likeness (QED) is 0.859. The highest BCUT2D eigenvalue weighted by atomic mass is 16.1. The first-order chi connectivity index (χ1) is 12.9. The first-order valence-electron chi connectivity index (χ1n) is 10.6. The van der Waals surface area contributed by atoms with E-state index >= 15 is 0 Å². The van der Waals surface area contributed by atoms with Gasteiger partial charge in [-0.3, -0.25) is 4.79 Å². The van der Waals surface area contributed by atoms with E-state index in [0.717, 1.165) is 56.6 Å². The monoisotopic (exact) mass is 373 g/mol. The molecule has 27 heavy (non-hydrogen) atoms. The molecule has 1 amide bonds. The van der Waals surface area contributed by atoms with Gasteiger partial charge in [0.15, 0.2) is 0 Å². The zero-order chi connectivity index (χ0) is 19.4. The SMILES string of the molecule is CC1CCCN(c2cc(N3CCC(C(=O)NC(C)C(C)C)CC3)ncn2)C1. The molecule has 0 saturated carbocycles. The second-order valence-electron chi connectivity index (χ2n) is 8.73. The van der Waals surface area contributed by atoms with Crippen LogP contribution in [0.25, 0.3) is 0 Å². The van der Waals surface area contributed by atoms with Crippen LogP contribution in [0.15, 0.2) is 12.4 Å². The van der Waals surface area contributed by atoms with E-state index in [2.05, 4.69) is 58.8 Å². The van der Waals surface area contributed by atoms with Gasteiger partial charge in [-0.05, 0) is 44.4 Å². The van der Waals surface area contributed by atoms with Crippen LogP contribution in [-0.4, -0.2) is 48.1 Å². The number of anilines is 2. The lowest BCUT2D eigenvalue weighted by Crippen LogP contribution is -2.44. The van der Waals surface area contributed by atoms with Gasteiger partial charge < -0.3 is 15.1 Å². The van der Waals surface area contributed by atoms with Gasteiger partial charge in [0, 0.05) is 44.2 Å². The molecule has 0 aromatic carbocycles. The van der Waals surface area contributed by atoms with E-state index in [9.17, 15) is 4.79 Å². The molecule has 2 saturated heterocycles. The molecule has 1 N–H and O–H groups in total. The van der Waals surface area contributed by atoms with Crippen molar-refractivity contribution < 1.29 is 4.79 Å². The molecule has 1 aromatic rings. The number of rotatable bonds is 5. The van der Waals surface area contributed by atoms with Gasteiger partial charge in [-0.2, -0.15) is 0 Å². The number of piperidine rings is 2. The summed E-state index contributed by atoms with van der Waals surface area (Å²) < 4.78 is 0. The molecule has 2 aliphatic heterocycles. The van der Waals surface area contributed by atoms with Crippen molar-refractivity contribution in [2.24, 2.45) is 17.8 Å². The fraction of sp³-hybridized carbons (Fsp3) is 0.762. The van der Waals surface area contributed by atoms with Crippen LogP contribution in [0, 0.1) is 17.8 Å². The van der Waals surface area contributed by atoms with Gasteiger partial charge in [0.05, 0.1) is 0 Å². The maximum absolute atomic E-state index is 12.5. The first kappa shape index (κ1) is 19.9. The molecular formula is C21H35N5O. The average Bonchev–Trinajstić information content (AvgIpc) is 2.68. The van der Waals surface area contributed by atoms with Gasteiger partial charge in [0.25, 0.3) is 0 Å². The Kier molecular flexibility index (Phi) is 6.55. The number of carbonyl (C=O) groups excluding carboxylic acids is 1. The zero-order valence-corrected chi connectivity index (χ0v) is 17.3. The van der Waals surface area contributed by atoms with Crippen LogP contribution in [0.1, 0.15) is 53.4 Å². The highest BCUT2D eigenvalue weighted by Crippen LogP contribution is 2.26. The summed E-state index contributed by atoms with van der Waals surface area (Å²) in [6.45, 7) is 12.6. The van der Waals surface area contributed by atoms with E-state index in [1.54, 1.807) is 6.33 Å². The molecule has 3 heterocycles. The van der Waals surface area contributed by atoms with E-state index in [0.29, 0.717) is 5.92 Å². The molecule has 2 fully saturated rings. The van der Waals surface area contributed by atoms with Crippen molar-refractivity contribution in [1.82, 2.24) is 15.3 Å². The lowest BCUT2D eigenvalue weighted by atomic mass is 9.95. The lowest BCUT2D eigenvalue weighted by Gasteiger charge is -2.34. The van der Waals surface area contributed by atoms with Gasteiger partial charge in [-0.15, -0.1) is 0 Å². The molecule has 0 radical (unpaired) electrons. The molecule has 0 aliphatic carbocycles. The first-order valence-corrected chi connectivity index (χ1v) is 10.6. The molecular weight excluding hydrogens is 338 g/mol. The molecule has 1 aromatic heterocycles. The average molecular weight is 374 g/mol. The lowest BCUT2D eigenvalue weighted by molar-refractivity contribution is -0.126. The van der Waals surface area contributed by atoms with E-state index in [4.69, 9.17) is 0 Å². The summed E-state index contributed by atoms with van der Waals surface area (Å²) >= 11 is 0. The predicted molar refractivity (Wildman–Crippen MR) is 110 cm³/mol. The fourth-order valence-electron chi connectivity index (χ4n) is 3.96. The smallest absolute Gasteiger partial charge is 0.223 e. The molecule has 3 rings (SSSR count). The van der Waals surface area contributed by atoms with Crippen LogP contribution in [0.2, 0.25) is 0 Å². The van der Waals surface area contributed by atoms with Crippen molar-refractivity contribution in [2.45, 2.75) is 59.4 Å². The second kappa shape index (κ2) is 8.89. The molecule has 0 spiro atoms. The van der Waals surface area contributed by atoms with Gasteiger partial charge >= 0.3 is 0 Å². The molecule has 2 atom stereocenters. The number of amides is 1. The minimum atomic E-state index is 0.117. The summed E-state index contributed by atoms with van der Waals surface area (Å²) in [4.78, 5) is 26.2. The summed E-state index contributed by atoms with van der Waals surface area (Å²) in [5.41, 5.74) is 0. The van der Waals surface area contributed by atoms with Crippen molar-refractivity contribution in [2.75, 3.05) is 36.0 Å². The normalized spacial score (nSPS) is 22.8. The van der Waals surface area contributed by atoms with Crippen LogP contribution in [0.4, 0.5) is 11.6 Å². The Labute approximate surface area is 163 Å². The Balaban J connectivity index is 1.56. The van der Waals surface area contributed by atoms with Gasteiger partial charge in [-0.1, -0.05) is 20.8 Å². The van der Waals surface area contributed by atoms with Crippen molar-refractivity contribution in [3.63, 3.8) is 0 Å². The molecule has 2 unspecified atom stereocenters. The Hall–Kier alpha value is -1.85. The third kappa shape index (κ3) is 5.11. The number of carbonyl (C=O) groups is 1. The maximum Gasteiger partial charge on any atom is 0.223 e. The topological polar surface area (TPSA) is 61.4 Å². The Morgan fingerprint density at radius 1 is 1.07 bits per heavy atom. The van der Waals surface area contributed by atoms with Crippen LogP contribution >= 0.6 is 0 Å². The van der Waals surface area contributed by atoms with Crippen molar-refractivity contribution in [1.29, 1.82) is 0 Å². The molecule has 150 valence electrons. The van der Waals surface area contributed by atoms with E-state index < -0.39 is 0 Å². The van der Waals surface area contributed by atoms with E-state index in [1.165, 1.54) is 12.8 Å². The second-order valence-corrected chi connectivity index (χ2v) is 8.73. The van der Waals surface area contributed by atoms with Crippen LogP contribution < -0.4 is 15.1 Å². The summed E-state index contributed by atoms with van der Waals surface area (Å²) in [6.07, 6.45) is 6.00. The number of nitrogens with zero attached hydrogens (tertiary/aromatic N) is 4. The Bertz CT molecular complexity index is 627. The summed E-state index contributed by atoms with van der Waals surface area (Å²) in [6, 6.07) is 2.35. The van der Waals surface area contributed by atoms with Crippen molar-refractivity contribution in [3.05, 3.63) is 12.4 Å². The maximum atomic E-state index is 12.5. The van der Waals surface area contributed by atoms with Gasteiger partial charge in [-0.25, -0.2) is 9.97 Å². The third-order valence-corrected chi connectivity index (χ3v) is 6.18. The van der Waals surface area contributed by atoms with Crippen molar-refractivity contribution in [3.8, 4) is 0 Å². The predicted octanol–water partition coefficient (Wildman–Crippen LogP) is 3.09. The summed E-state index contributed by atoms with van der Waals surface area (Å²) in [7, 11) is 0. The van der Waals surface area contributed by atoms with Crippen molar-refractivity contribution >= 4 is 17.5 Å². The van der Waals surface area contributed by atoms with E-state index in [1.807, 2.05) is 0 Å². The summed E-state index contributed by atoms with van der Waals surface area (Å²) in [5.74, 6) is 3.55. The minimum absolute atomic E-state index is 0.117. The molecule has 2 aliphatic rings. The minimum Gasteiger partial charge on any atom is -0.356 e. The number of hydrogen-bond acceptors (Lipinski definition) is 5. The van der Waals surface area contributed by atoms with Gasteiger partial charge in [0.1, 0.15) is 18.0 Å². The molecule has 6 heteroatoms. The zero-order valence-electron chi connectivity index (χ0n) is 17.3. The number of nitrogens with one attached hydrogen (secondary N) is 1. The Morgan fingerprint density at radius 2 is 1.74 bits per heavy atom. The number of aromatic nitrogens is 2. The fourth-order valence-corrected chi connectivity index (χ4v) is 3.96. The highest BCUT2D eigenvalue weighted by molar-refractivity contribution is 5.79. The molecule has 0 bridgehead atoms. The van der Waals surface area contributed by atoms with Gasteiger partial charge in [0.2, 0.25) is 5.91 Å². The van der Waals surface area contributed by atoms with Crippen LogP contribution in [-0.2, 0) is 4.79 Å². The number of hydrogen-bond donors (Lipinski definition) is 1. The Morgan fingerprint density at radius 3 is 2.37 bits per heavy atom. The van der Waals surface area contributed by atoms with E-state index in [-0.39, 0.29) is 17.9 Å².